The Morgan fingerprint density at radius 2 is 1.68 bits per heavy atom. The summed E-state index contributed by atoms with van der Waals surface area (Å²) in [5.41, 5.74) is 1.41. The number of hydrogen-bond donors (Lipinski definition) is 1. The van der Waals surface area contributed by atoms with Gasteiger partial charge in [0.15, 0.2) is 0 Å². The van der Waals surface area contributed by atoms with Crippen molar-refractivity contribution in [2.45, 2.75) is 39.0 Å². The minimum absolute atomic E-state index is 0.170. The van der Waals surface area contributed by atoms with Crippen molar-refractivity contribution in [3.8, 4) is 0 Å². The van der Waals surface area contributed by atoms with E-state index in [1.807, 2.05) is 6.92 Å². The molecule has 0 saturated carbocycles. The average Bonchev–Trinajstić information content (AvgIpc) is 3.00. The zero-order valence-corrected chi connectivity index (χ0v) is 20.0. The molecule has 0 radical (unpaired) electrons. The normalized spacial score (nSPS) is 19.8. The van der Waals surface area contributed by atoms with Gasteiger partial charge in [-0.25, -0.2) is 13.2 Å². The molecule has 1 aromatic heterocycles. The predicted octanol–water partition coefficient (Wildman–Crippen LogP) is 4.07. The summed E-state index contributed by atoms with van der Waals surface area (Å²) in [6.07, 6.45) is 1.01. The lowest BCUT2D eigenvalue weighted by atomic mass is 9.94. The predicted molar refractivity (Wildman–Crippen MR) is 121 cm³/mol. The number of sulfonamides is 1. The van der Waals surface area contributed by atoms with Crippen LogP contribution in [0.2, 0.25) is 0 Å². The number of carbonyl (C=O) groups is 2. The van der Waals surface area contributed by atoms with Gasteiger partial charge in [-0.15, -0.1) is 11.3 Å². The summed E-state index contributed by atoms with van der Waals surface area (Å²) in [5, 5.41) is 3.17. The molecule has 1 aliphatic heterocycles. The topological polar surface area (TPSA) is 92.8 Å². The Bertz CT molecular complexity index is 1080. The van der Waals surface area contributed by atoms with Crippen molar-refractivity contribution in [2.24, 2.45) is 11.8 Å². The number of nitrogens with zero attached hydrogens (tertiary/aromatic N) is 1. The summed E-state index contributed by atoms with van der Waals surface area (Å²) in [6, 6.07) is 5.90. The van der Waals surface area contributed by atoms with Gasteiger partial charge < -0.3 is 10.1 Å². The monoisotopic (exact) mass is 464 g/mol. The number of anilines is 1. The minimum Gasteiger partial charge on any atom is -0.465 e. The number of benzene rings is 1. The van der Waals surface area contributed by atoms with Crippen LogP contribution in [0.4, 0.5) is 5.00 Å². The number of aryl methyl sites for hydroxylation is 1. The Kier molecular flexibility index (Phi) is 6.88. The molecule has 31 heavy (non-hydrogen) atoms. The summed E-state index contributed by atoms with van der Waals surface area (Å²) < 4.78 is 32.4. The van der Waals surface area contributed by atoms with Crippen molar-refractivity contribution in [1.82, 2.24) is 4.31 Å². The highest BCUT2D eigenvalue weighted by Gasteiger charge is 2.31. The number of rotatable bonds is 5. The largest absolute Gasteiger partial charge is 0.465 e. The summed E-state index contributed by atoms with van der Waals surface area (Å²) in [4.78, 5) is 25.9. The molecule has 1 aromatic carbocycles. The smallest absolute Gasteiger partial charge is 0.341 e. The van der Waals surface area contributed by atoms with Crippen LogP contribution in [0.25, 0.3) is 0 Å². The van der Waals surface area contributed by atoms with Gasteiger partial charge in [-0.2, -0.15) is 4.31 Å². The zero-order chi connectivity index (χ0) is 22.9. The molecule has 1 saturated heterocycles. The maximum atomic E-state index is 13.0. The van der Waals surface area contributed by atoms with Crippen molar-refractivity contribution >= 4 is 38.2 Å². The Hall–Kier alpha value is -2.23. The van der Waals surface area contributed by atoms with Crippen LogP contribution < -0.4 is 5.32 Å². The molecule has 7 nitrogen and oxygen atoms in total. The number of esters is 1. The van der Waals surface area contributed by atoms with E-state index in [-0.39, 0.29) is 4.90 Å². The van der Waals surface area contributed by atoms with Crippen LogP contribution in [0, 0.1) is 25.7 Å². The first-order chi connectivity index (χ1) is 14.5. The molecule has 1 fully saturated rings. The molecule has 168 valence electrons. The number of nitrogens with one attached hydrogen (secondary N) is 1. The lowest BCUT2D eigenvalue weighted by Gasteiger charge is -2.34. The molecule has 1 amide bonds. The lowest BCUT2D eigenvalue weighted by Crippen LogP contribution is -2.42. The minimum atomic E-state index is -3.61. The number of piperidine rings is 1. The van der Waals surface area contributed by atoms with Crippen LogP contribution in [0.15, 0.2) is 29.2 Å². The van der Waals surface area contributed by atoms with Crippen molar-refractivity contribution in [1.29, 1.82) is 0 Å². The van der Waals surface area contributed by atoms with E-state index in [0.717, 1.165) is 16.9 Å². The highest BCUT2D eigenvalue weighted by atomic mass is 32.2. The van der Waals surface area contributed by atoms with Gasteiger partial charge >= 0.3 is 5.97 Å². The number of methoxy groups -OCH3 is 1. The molecule has 2 atom stereocenters. The van der Waals surface area contributed by atoms with Gasteiger partial charge in [-0.1, -0.05) is 13.8 Å². The molecule has 0 aliphatic carbocycles. The number of amides is 1. The van der Waals surface area contributed by atoms with E-state index < -0.39 is 21.9 Å². The second kappa shape index (κ2) is 9.10. The molecule has 3 rings (SSSR count). The number of ether oxygens (including phenoxy) is 1. The van der Waals surface area contributed by atoms with Gasteiger partial charge in [0.1, 0.15) is 5.00 Å². The second-order valence-corrected chi connectivity index (χ2v) is 11.4. The molecular formula is C22H28N2O5S2. The third kappa shape index (κ3) is 4.83. The van der Waals surface area contributed by atoms with E-state index in [2.05, 4.69) is 19.2 Å². The maximum absolute atomic E-state index is 13.0. The third-order valence-corrected chi connectivity index (χ3v) is 8.56. The first-order valence-corrected chi connectivity index (χ1v) is 12.4. The summed E-state index contributed by atoms with van der Waals surface area (Å²) in [6.45, 7) is 8.79. The van der Waals surface area contributed by atoms with Gasteiger partial charge in [-0.05, 0) is 61.9 Å². The first-order valence-electron chi connectivity index (χ1n) is 10.1. The van der Waals surface area contributed by atoms with E-state index in [1.165, 1.54) is 47.0 Å². The highest BCUT2D eigenvalue weighted by molar-refractivity contribution is 7.89. The van der Waals surface area contributed by atoms with Crippen molar-refractivity contribution in [3.63, 3.8) is 0 Å². The molecular weight excluding hydrogens is 436 g/mol. The van der Waals surface area contributed by atoms with Crippen LogP contribution >= 0.6 is 11.3 Å². The lowest BCUT2D eigenvalue weighted by molar-refractivity contribution is 0.0601. The quantitative estimate of drug-likeness (QED) is 0.674. The Morgan fingerprint density at radius 1 is 1.10 bits per heavy atom. The SMILES string of the molecule is COC(=O)c1c(NC(=O)c2ccc(S(=O)(=O)N3C[C@H](C)C[C@@H](C)C3)cc2)sc(C)c1C. The fraction of sp³-hybridized carbons (Fsp3) is 0.455. The molecule has 0 unspecified atom stereocenters. The fourth-order valence-electron chi connectivity index (χ4n) is 3.97. The third-order valence-electron chi connectivity index (χ3n) is 5.59. The Morgan fingerprint density at radius 3 is 2.23 bits per heavy atom. The van der Waals surface area contributed by atoms with Crippen LogP contribution in [-0.2, 0) is 14.8 Å². The van der Waals surface area contributed by atoms with E-state index in [1.54, 1.807) is 6.92 Å². The van der Waals surface area contributed by atoms with Gasteiger partial charge in [-0.3, -0.25) is 4.79 Å². The summed E-state index contributed by atoms with van der Waals surface area (Å²) in [5.74, 6) is -0.310. The van der Waals surface area contributed by atoms with Gasteiger partial charge in [0.25, 0.3) is 5.91 Å². The zero-order valence-electron chi connectivity index (χ0n) is 18.4. The van der Waals surface area contributed by atoms with E-state index in [9.17, 15) is 18.0 Å². The van der Waals surface area contributed by atoms with E-state index in [4.69, 9.17) is 4.74 Å². The summed E-state index contributed by atoms with van der Waals surface area (Å²) >= 11 is 1.30. The van der Waals surface area contributed by atoms with Crippen LogP contribution in [0.3, 0.4) is 0 Å². The van der Waals surface area contributed by atoms with E-state index in [0.29, 0.717) is 41.1 Å². The maximum Gasteiger partial charge on any atom is 0.341 e. The van der Waals surface area contributed by atoms with Crippen LogP contribution in [0.5, 0.6) is 0 Å². The molecule has 0 spiro atoms. The van der Waals surface area contributed by atoms with Crippen LogP contribution in [-0.4, -0.2) is 44.8 Å². The molecule has 2 aromatic rings. The van der Waals surface area contributed by atoms with Crippen molar-refractivity contribution in [3.05, 3.63) is 45.8 Å². The van der Waals surface area contributed by atoms with Crippen molar-refractivity contribution in [2.75, 3.05) is 25.5 Å². The summed E-state index contributed by atoms with van der Waals surface area (Å²) in [7, 11) is -2.32. The fourth-order valence-corrected chi connectivity index (χ4v) is 6.69. The molecule has 1 N–H and O–H groups in total. The first kappa shape index (κ1) is 23.4. The average molecular weight is 465 g/mol. The van der Waals surface area contributed by atoms with Gasteiger partial charge in [0.2, 0.25) is 10.0 Å². The van der Waals surface area contributed by atoms with Crippen molar-refractivity contribution < 1.29 is 22.7 Å². The standard InChI is InChI=1S/C22H28N2O5S2/c1-13-10-14(2)12-24(11-13)31(27,28)18-8-6-17(7-9-18)20(25)23-21-19(22(26)29-5)15(3)16(4)30-21/h6-9,13-14H,10-12H2,1-5H3,(H,23,25)/t13-,14-/m1/s1. The molecule has 0 bridgehead atoms. The molecule has 2 heterocycles. The van der Waals surface area contributed by atoms with Crippen LogP contribution in [0.1, 0.15) is 51.4 Å². The molecule has 9 heteroatoms. The molecule has 1 aliphatic rings. The van der Waals surface area contributed by atoms with Gasteiger partial charge in [0.05, 0.1) is 17.6 Å². The number of carbonyl (C=O) groups excluding carboxylic acids is 2. The number of thiophene rings is 1. The Balaban J connectivity index is 1.80. The second-order valence-electron chi connectivity index (χ2n) is 8.23. The van der Waals surface area contributed by atoms with Gasteiger partial charge in [0, 0.05) is 23.5 Å². The number of hydrogen-bond acceptors (Lipinski definition) is 6. The highest BCUT2D eigenvalue weighted by Crippen LogP contribution is 2.33. The Labute approximate surface area is 187 Å². The van der Waals surface area contributed by atoms with E-state index >= 15 is 0 Å².